The van der Waals surface area contributed by atoms with E-state index in [1.165, 1.54) is 17.0 Å². The molecule has 0 aromatic heterocycles. The molecule has 1 aromatic rings. The van der Waals surface area contributed by atoms with Crippen molar-refractivity contribution in [2.75, 3.05) is 20.6 Å². The number of nitrogens with one attached hydrogen (secondary N) is 1. The first kappa shape index (κ1) is 18.6. The Morgan fingerprint density at radius 3 is 2.52 bits per heavy atom. The van der Waals surface area contributed by atoms with Gasteiger partial charge >= 0.3 is 0 Å². The summed E-state index contributed by atoms with van der Waals surface area (Å²) >= 11 is 0. The molecule has 0 aliphatic carbocycles. The first-order valence-electron chi connectivity index (χ1n) is 7.31. The highest BCUT2D eigenvalue weighted by Crippen LogP contribution is 2.27. The molecule has 1 aromatic carbocycles. The van der Waals surface area contributed by atoms with E-state index in [0.717, 1.165) is 6.07 Å². The quantitative estimate of drug-likeness (QED) is 0.899. The van der Waals surface area contributed by atoms with Crippen LogP contribution in [0.2, 0.25) is 0 Å². The Labute approximate surface area is 136 Å². The fourth-order valence-corrected chi connectivity index (χ4v) is 2.44. The van der Waals surface area contributed by atoms with Gasteiger partial charge in [-0.1, -0.05) is 6.92 Å². The Balaban J connectivity index is 3.03. The van der Waals surface area contributed by atoms with Crippen LogP contribution in [0.15, 0.2) is 18.2 Å². The van der Waals surface area contributed by atoms with E-state index in [9.17, 15) is 14.0 Å². The van der Waals surface area contributed by atoms with Crippen molar-refractivity contribution in [1.29, 1.82) is 5.26 Å². The highest BCUT2D eigenvalue weighted by Gasteiger charge is 2.34. The molecule has 6 heteroatoms. The molecule has 124 valence electrons. The Bertz CT molecular complexity index is 650. The largest absolute Gasteiger partial charge is 0.359 e. The van der Waals surface area contributed by atoms with Crippen LogP contribution in [0.5, 0.6) is 0 Å². The summed E-state index contributed by atoms with van der Waals surface area (Å²) < 4.78 is 13.6. The molecule has 0 spiro atoms. The predicted molar refractivity (Wildman–Crippen MR) is 85.0 cm³/mol. The summed E-state index contributed by atoms with van der Waals surface area (Å²) in [4.78, 5) is 25.7. The van der Waals surface area contributed by atoms with E-state index in [0.29, 0.717) is 5.56 Å². The van der Waals surface area contributed by atoms with E-state index >= 15 is 0 Å². The Morgan fingerprint density at radius 1 is 1.39 bits per heavy atom. The van der Waals surface area contributed by atoms with Crippen LogP contribution in [0, 0.1) is 23.1 Å². The third kappa shape index (κ3) is 4.28. The van der Waals surface area contributed by atoms with Crippen LogP contribution >= 0.6 is 0 Å². The van der Waals surface area contributed by atoms with Crippen LogP contribution in [0.25, 0.3) is 0 Å². The zero-order valence-electron chi connectivity index (χ0n) is 14.1. The number of halogens is 1. The number of carbonyl (C=O) groups excluding carboxylic acids is 2. The first-order valence-corrected chi connectivity index (χ1v) is 7.31. The summed E-state index contributed by atoms with van der Waals surface area (Å²) in [6, 6.07) is 5.78. The number of likely N-dealkylation sites (N-methyl/N-ethyl adjacent to an activating group) is 1. The van der Waals surface area contributed by atoms with E-state index in [1.54, 1.807) is 34.9 Å². The second-order valence-electron chi connectivity index (χ2n) is 6.17. The Kier molecular flexibility index (Phi) is 5.85. The van der Waals surface area contributed by atoms with Gasteiger partial charge in [-0.2, -0.15) is 5.26 Å². The Hall–Kier alpha value is -2.42. The van der Waals surface area contributed by atoms with Crippen molar-refractivity contribution in [2.45, 2.75) is 26.2 Å². The molecule has 2 amide bonds. The minimum Gasteiger partial charge on any atom is -0.359 e. The topological polar surface area (TPSA) is 73.2 Å². The molecular formula is C17H22FN3O2. The summed E-state index contributed by atoms with van der Waals surface area (Å²) in [5.74, 6) is -1.31. The predicted octanol–water partition coefficient (Wildman–Crippen LogP) is 1.82. The van der Waals surface area contributed by atoms with Crippen molar-refractivity contribution in [3.63, 3.8) is 0 Å². The van der Waals surface area contributed by atoms with Crippen LogP contribution in [0.1, 0.15) is 31.9 Å². The summed E-state index contributed by atoms with van der Waals surface area (Å²) in [6.07, 6.45) is 0. The van der Waals surface area contributed by atoms with Crippen LogP contribution < -0.4 is 5.32 Å². The molecule has 0 unspecified atom stereocenters. The fourth-order valence-electron chi connectivity index (χ4n) is 2.44. The molecular weight excluding hydrogens is 297 g/mol. The van der Waals surface area contributed by atoms with Gasteiger partial charge in [0.15, 0.2) is 0 Å². The van der Waals surface area contributed by atoms with Crippen molar-refractivity contribution < 1.29 is 14.0 Å². The van der Waals surface area contributed by atoms with Crippen molar-refractivity contribution in [1.82, 2.24) is 10.2 Å². The molecule has 0 fully saturated rings. The standard InChI is InChI=1S/C17H22FN3O2/c1-11(15(22)20-4)10-21(5)16(23)17(2,3)13-6-12(9-19)7-14(18)8-13/h6-8,11H,10H2,1-5H3,(H,20,22)/t11-/m1/s1. The fraction of sp³-hybridized carbons (Fsp3) is 0.471. The highest BCUT2D eigenvalue weighted by atomic mass is 19.1. The molecule has 0 aliphatic rings. The van der Waals surface area contributed by atoms with Crippen LogP contribution in [0.4, 0.5) is 4.39 Å². The molecule has 0 saturated heterocycles. The summed E-state index contributed by atoms with van der Waals surface area (Å²) in [7, 11) is 3.15. The average Bonchev–Trinajstić information content (AvgIpc) is 2.52. The van der Waals surface area contributed by atoms with E-state index in [4.69, 9.17) is 5.26 Å². The van der Waals surface area contributed by atoms with Crippen LogP contribution in [-0.2, 0) is 15.0 Å². The SMILES string of the molecule is CNC(=O)[C@H](C)CN(C)C(=O)C(C)(C)c1cc(F)cc(C#N)c1. The maximum Gasteiger partial charge on any atom is 0.232 e. The number of hydrogen-bond acceptors (Lipinski definition) is 3. The van der Waals surface area contributed by atoms with Crippen molar-refractivity contribution in [3.05, 3.63) is 35.1 Å². The normalized spacial score (nSPS) is 12.2. The van der Waals surface area contributed by atoms with E-state index in [2.05, 4.69) is 5.32 Å². The number of carbonyl (C=O) groups is 2. The lowest BCUT2D eigenvalue weighted by Gasteiger charge is -2.31. The van der Waals surface area contributed by atoms with Crippen LogP contribution in [0.3, 0.4) is 0 Å². The Morgan fingerprint density at radius 2 is 2.00 bits per heavy atom. The molecule has 1 atom stereocenters. The summed E-state index contributed by atoms with van der Waals surface area (Å²) in [5, 5.41) is 11.5. The molecule has 0 bridgehead atoms. The van der Waals surface area contributed by atoms with E-state index in [1.807, 2.05) is 6.07 Å². The third-order valence-corrected chi connectivity index (χ3v) is 3.87. The zero-order chi connectivity index (χ0) is 17.8. The summed E-state index contributed by atoms with van der Waals surface area (Å²) in [5.41, 5.74) is -0.411. The third-order valence-electron chi connectivity index (χ3n) is 3.87. The molecule has 0 saturated carbocycles. The van der Waals surface area contributed by atoms with Gasteiger partial charge in [0.05, 0.1) is 23.0 Å². The second-order valence-corrected chi connectivity index (χ2v) is 6.17. The van der Waals surface area contributed by atoms with Crippen molar-refractivity contribution in [2.24, 2.45) is 5.92 Å². The number of benzene rings is 1. The maximum atomic E-state index is 13.6. The monoisotopic (exact) mass is 319 g/mol. The second kappa shape index (κ2) is 7.23. The van der Waals surface area contributed by atoms with Gasteiger partial charge in [-0.15, -0.1) is 0 Å². The van der Waals surface area contributed by atoms with Gasteiger partial charge in [0.25, 0.3) is 0 Å². The number of hydrogen-bond donors (Lipinski definition) is 1. The van der Waals surface area contributed by atoms with Gasteiger partial charge in [-0.25, -0.2) is 4.39 Å². The maximum absolute atomic E-state index is 13.6. The zero-order valence-corrected chi connectivity index (χ0v) is 14.1. The molecule has 0 radical (unpaired) electrons. The van der Waals surface area contributed by atoms with Gasteiger partial charge in [0.1, 0.15) is 5.82 Å². The number of nitrogens with zero attached hydrogens (tertiary/aromatic N) is 2. The molecule has 5 nitrogen and oxygen atoms in total. The molecule has 0 heterocycles. The van der Waals surface area contributed by atoms with Gasteiger partial charge in [0, 0.05) is 20.6 Å². The first-order chi connectivity index (χ1) is 10.6. The van der Waals surface area contributed by atoms with Gasteiger partial charge in [0.2, 0.25) is 11.8 Å². The lowest BCUT2D eigenvalue weighted by atomic mass is 9.82. The van der Waals surface area contributed by atoms with Crippen molar-refractivity contribution in [3.8, 4) is 6.07 Å². The number of nitriles is 1. The average molecular weight is 319 g/mol. The smallest absolute Gasteiger partial charge is 0.232 e. The molecule has 1 N–H and O–H groups in total. The molecule has 0 aliphatic heterocycles. The van der Waals surface area contributed by atoms with E-state index < -0.39 is 11.2 Å². The minimum atomic E-state index is -1.01. The summed E-state index contributed by atoms with van der Waals surface area (Å²) in [6.45, 7) is 5.33. The van der Waals surface area contributed by atoms with E-state index in [-0.39, 0.29) is 29.8 Å². The molecule has 1 rings (SSSR count). The highest BCUT2D eigenvalue weighted by molar-refractivity contribution is 5.88. The number of rotatable bonds is 5. The van der Waals surface area contributed by atoms with Gasteiger partial charge in [-0.05, 0) is 37.6 Å². The van der Waals surface area contributed by atoms with Crippen LogP contribution in [-0.4, -0.2) is 37.4 Å². The van der Waals surface area contributed by atoms with Gasteiger partial charge in [-0.3, -0.25) is 9.59 Å². The number of amides is 2. The lowest BCUT2D eigenvalue weighted by molar-refractivity contribution is -0.136. The van der Waals surface area contributed by atoms with Gasteiger partial charge < -0.3 is 10.2 Å². The van der Waals surface area contributed by atoms with Crippen molar-refractivity contribution >= 4 is 11.8 Å². The molecule has 23 heavy (non-hydrogen) atoms. The lowest BCUT2D eigenvalue weighted by Crippen LogP contribution is -2.45. The minimum absolute atomic E-state index is 0.153.